The standard InChI is InChI=1S/C42H25N3S/c1-3-13-26(14-4-1)33-25-36-38(30-19-8-7-17-28(30)33)39-35(24-23-31-29-18-10-12-22-37(29)46-41(31)39)45(36)42-43-34-21-11-9-20-32(34)40(44-42)27-15-5-2-6-16-27/h1-25H. The quantitative estimate of drug-likeness (QED) is 0.201. The molecule has 3 nitrogen and oxygen atoms in total. The lowest BCUT2D eigenvalue weighted by Crippen LogP contribution is -2.03. The van der Waals surface area contributed by atoms with Gasteiger partial charge in [0.15, 0.2) is 0 Å². The Hall–Kier alpha value is -5.84. The summed E-state index contributed by atoms with van der Waals surface area (Å²) < 4.78 is 4.89. The molecule has 0 saturated heterocycles. The number of rotatable bonds is 3. The first kappa shape index (κ1) is 25.5. The van der Waals surface area contributed by atoms with Gasteiger partial charge in [-0.05, 0) is 46.2 Å². The summed E-state index contributed by atoms with van der Waals surface area (Å²) >= 11 is 1.87. The van der Waals surface area contributed by atoms with Crippen molar-refractivity contribution in [1.82, 2.24) is 14.5 Å². The van der Waals surface area contributed by atoms with Crippen LogP contribution in [0.3, 0.4) is 0 Å². The summed E-state index contributed by atoms with van der Waals surface area (Å²) in [6.07, 6.45) is 0. The molecular weight excluding hydrogens is 579 g/mol. The van der Waals surface area contributed by atoms with Crippen LogP contribution in [0, 0.1) is 0 Å². The lowest BCUT2D eigenvalue weighted by molar-refractivity contribution is 1.01. The highest BCUT2D eigenvalue weighted by atomic mass is 32.1. The summed E-state index contributed by atoms with van der Waals surface area (Å²) in [7, 11) is 0. The molecule has 10 rings (SSSR count). The molecule has 10 aromatic rings. The second-order valence-electron chi connectivity index (χ2n) is 11.8. The van der Waals surface area contributed by atoms with Gasteiger partial charge in [-0.15, -0.1) is 11.3 Å². The maximum Gasteiger partial charge on any atom is 0.235 e. The SMILES string of the molecule is c1ccc(-c2nc(-n3c4cc(-c5ccccc5)c5ccccc5c4c4c5sc6ccccc6c5ccc43)nc3ccccc23)cc1. The number of aromatic nitrogens is 3. The van der Waals surface area contributed by atoms with Crippen molar-refractivity contribution >= 4 is 75.0 Å². The molecule has 4 heteroatoms. The van der Waals surface area contributed by atoms with Gasteiger partial charge in [0.1, 0.15) is 0 Å². The molecule has 0 aliphatic rings. The Morgan fingerprint density at radius 2 is 1.11 bits per heavy atom. The van der Waals surface area contributed by atoms with Gasteiger partial charge in [-0.25, -0.2) is 9.97 Å². The van der Waals surface area contributed by atoms with E-state index in [0.29, 0.717) is 5.95 Å². The van der Waals surface area contributed by atoms with E-state index in [1.165, 1.54) is 52.8 Å². The van der Waals surface area contributed by atoms with Crippen molar-refractivity contribution in [3.8, 4) is 28.3 Å². The first-order chi connectivity index (χ1) is 22.8. The van der Waals surface area contributed by atoms with E-state index in [9.17, 15) is 0 Å². The van der Waals surface area contributed by atoms with Crippen LogP contribution in [0.1, 0.15) is 0 Å². The number of fused-ring (bicyclic) bond motifs is 10. The van der Waals surface area contributed by atoms with Crippen LogP contribution < -0.4 is 0 Å². The van der Waals surface area contributed by atoms with E-state index in [4.69, 9.17) is 9.97 Å². The molecule has 0 N–H and O–H groups in total. The van der Waals surface area contributed by atoms with Crippen molar-refractivity contribution in [3.63, 3.8) is 0 Å². The summed E-state index contributed by atoms with van der Waals surface area (Å²) in [5.41, 5.74) is 7.53. The average molecular weight is 604 g/mol. The normalized spacial score (nSPS) is 11.9. The molecule has 0 spiro atoms. The molecule has 0 bridgehead atoms. The van der Waals surface area contributed by atoms with Crippen LogP contribution in [0.2, 0.25) is 0 Å². The van der Waals surface area contributed by atoms with Gasteiger partial charge in [0.25, 0.3) is 0 Å². The van der Waals surface area contributed by atoms with Crippen molar-refractivity contribution in [3.05, 3.63) is 152 Å². The molecule has 0 aliphatic heterocycles. The third-order valence-electron chi connectivity index (χ3n) is 9.20. The Morgan fingerprint density at radius 1 is 0.457 bits per heavy atom. The number of para-hydroxylation sites is 1. The Bertz CT molecular complexity index is 2790. The summed E-state index contributed by atoms with van der Waals surface area (Å²) in [6.45, 7) is 0. The number of nitrogens with zero attached hydrogens (tertiary/aromatic N) is 3. The zero-order valence-electron chi connectivity index (χ0n) is 24.7. The Morgan fingerprint density at radius 3 is 1.91 bits per heavy atom. The molecule has 0 radical (unpaired) electrons. The Balaban J connectivity index is 1.43. The molecule has 0 fully saturated rings. The van der Waals surface area contributed by atoms with Gasteiger partial charge in [-0.2, -0.15) is 0 Å². The molecular formula is C42H25N3S. The number of hydrogen-bond acceptors (Lipinski definition) is 3. The summed E-state index contributed by atoms with van der Waals surface area (Å²) in [5, 5.41) is 8.58. The fourth-order valence-electron chi connectivity index (χ4n) is 7.19. The second kappa shape index (κ2) is 9.83. The van der Waals surface area contributed by atoms with Crippen LogP contribution in [-0.4, -0.2) is 14.5 Å². The van der Waals surface area contributed by atoms with Crippen LogP contribution in [0.5, 0.6) is 0 Å². The number of thiophene rings is 1. The van der Waals surface area contributed by atoms with Crippen LogP contribution in [0.25, 0.3) is 92.0 Å². The fourth-order valence-corrected chi connectivity index (χ4v) is 8.44. The molecule has 3 heterocycles. The largest absolute Gasteiger partial charge is 0.278 e. The Kier molecular flexibility index (Phi) is 5.45. The summed E-state index contributed by atoms with van der Waals surface area (Å²) in [5.74, 6) is 0.673. The molecule has 0 unspecified atom stereocenters. The van der Waals surface area contributed by atoms with Crippen molar-refractivity contribution in [2.24, 2.45) is 0 Å². The molecule has 7 aromatic carbocycles. The molecule has 214 valence electrons. The van der Waals surface area contributed by atoms with E-state index in [2.05, 4.69) is 150 Å². The topological polar surface area (TPSA) is 30.7 Å². The molecule has 46 heavy (non-hydrogen) atoms. The van der Waals surface area contributed by atoms with E-state index in [0.717, 1.165) is 33.2 Å². The number of benzene rings is 7. The first-order valence-corrected chi connectivity index (χ1v) is 16.3. The maximum atomic E-state index is 5.37. The predicted molar refractivity (Wildman–Crippen MR) is 195 cm³/mol. The predicted octanol–water partition coefficient (Wildman–Crippen LogP) is 11.6. The zero-order chi connectivity index (χ0) is 30.2. The van der Waals surface area contributed by atoms with E-state index in [-0.39, 0.29) is 0 Å². The monoisotopic (exact) mass is 603 g/mol. The van der Waals surface area contributed by atoms with Gasteiger partial charge in [0.05, 0.1) is 22.2 Å². The van der Waals surface area contributed by atoms with E-state index >= 15 is 0 Å². The van der Waals surface area contributed by atoms with Crippen molar-refractivity contribution in [2.75, 3.05) is 0 Å². The zero-order valence-corrected chi connectivity index (χ0v) is 25.5. The van der Waals surface area contributed by atoms with Gasteiger partial charge < -0.3 is 0 Å². The maximum absolute atomic E-state index is 5.37. The highest BCUT2D eigenvalue weighted by Crippen LogP contribution is 2.47. The number of hydrogen-bond donors (Lipinski definition) is 0. The lowest BCUT2D eigenvalue weighted by Gasteiger charge is -2.13. The summed E-state index contributed by atoms with van der Waals surface area (Å²) in [6, 6.07) is 54.0. The van der Waals surface area contributed by atoms with Crippen molar-refractivity contribution in [2.45, 2.75) is 0 Å². The minimum absolute atomic E-state index is 0.673. The smallest absolute Gasteiger partial charge is 0.235 e. The van der Waals surface area contributed by atoms with Gasteiger partial charge in [0.2, 0.25) is 5.95 Å². The Labute approximate surface area is 268 Å². The highest BCUT2D eigenvalue weighted by molar-refractivity contribution is 7.26. The fraction of sp³-hybridized carbons (Fsp3) is 0. The molecule has 0 atom stereocenters. The first-order valence-electron chi connectivity index (χ1n) is 15.5. The molecule has 0 saturated carbocycles. The average Bonchev–Trinajstić information content (AvgIpc) is 3.67. The van der Waals surface area contributed by atoms with Crippen LogP contribution in [-0.2, 0) is 0 Å². The van der Waals surface area contributed by atoms with Crippen molar-refractivity contribution in [1.29, 1.82) is 0 Å². The third kappa shape index (κ3) is 3.65. The van der Waals surface area contributed by atoms with E-state index in [1.54, 1.807) is 0 Å². The lowest BCUT2D eigenvalue weighted by atomic mass is 9.94. The van der Waals surface area contributed by atoms with Gasteiger partial charge in [0, 0.05) is 41.9 Å². The minimum Gasteiger partial charge on any atom is -0.278 e. The minimum atomic E-state index is 0.673. The van der Waals surface area contributed by atoms with E-state index in [1.807, 2.05) is 17.4 Å². The highest BCUT2D eigenvalue weighted by Gasteiger charge is 2.23. The van der Waals surface area contributed by atoms with Crippen LogP contribution in [0.15, 0.2) is 152 Å². The summed E-state index contributed by atoms with van der Waals surface area (Å²) in [4.78, 5) is 10.6. The van der Waals surface area contributed by atoms with Crippen molar-refractivity contribution < 1.29 is 0 Å². The van der Waals surface area contributed by atoms with E-state index < -0.39 is 0 Å². The second-order valence-corrected chi connectivity index (χ2v) is 12.8. The van der Waals surface area contributed by atoms with Crippen LogP contribution >= 0.6 is 11.3 Å². The van der Waals surface area contributed by atoms with Gasteiger partial charge in [-0.1, -0.05) is 127 Å². The van der Waals surface area contributed by atoms with Crippen LogP contribution in [0.4, 0.5) is 0 Å². The molecule has 3 aromatic heterocycles. The molecule has 0 aliphatic carbocycles. The van der Waals surface area contributed by atoms with Gasteiger partial charge >= 0.3 is 0 Å². The van der Waals surface area contributed by atoms with Gasteiger partial charge in [-0.3, -0.25) is 4.57 Å². The third-order valence-corrected chi connectivity index (χ3v) is 10.4. The molecule has 0 amide bonds.